The quantitative estimate of drug-likeness (QED) is 0.216. The normalized spacial score (nSPS) is 46.8. The van der Waals surface area contributed by atoms with Crippen LogP contribution < -0.4 is 0 Å². The number of rotatable bonds is 3. The summed E-state index contributed by atoms with van der Waals surface area (Å²) in [5, 5.41) is 44.0. The highest BCUT2D eigenvalue weighted by Gasteiger charge is 2.56. The number of Topliss-reactive ketones (excluding diaryl/α,β-unsaturated/α-hetero) is 2. The summed E-state index contributed by atoms with van der Waals surface area (Å²) in [6.45, 7) is 21.9. The van der Waals surface area contributed by atoms with E-state index in [4.69, 9.17) is 14.2 Å². The molecule has 3 aliphatic heterocycles. The molecular formula is C46H76O10. The molecule has 0 radical (unpaired) electrons. The molecule has 1 spiro atoms. The van der Waals surface area contributed by atoms with Gasteiger partial charge in [0.05, 0.1) is 30.5 Å². The minimum absolute atomic E-state index is 0.118. The summed E-state index contributed by atoms with van der Waals surface area (Å²) in [6.07, 6.45) is 11.8. The van der Waals surface area contributed by atoms with Crippen molar-refractivity contribution in [2.24, 2.45) is 59.2 Å². The number of hydrogen-bond donors (Lipinski definition) is 4. The van der Waals surface area contributed by atoms with Crippen LogP contribution in [0, 0.1) is 59.2 Å². The van der Waals surface area contributed by atoms with Crippen molar-refractivity contribution in [2.75, 3.05) is 0 Å². The number of carbonyl (C=O) groups is 3. The van der Waals surface area contributed by atoms with Crippen LogP contribution in [0.15, 0.2) is 36.5 Å². The standard InChI is InChI=1S/C46H76O10/c1-13-36-18-16-14-15-17-28(4)43(51)45(12,53)44(52)34(10)41(50)33(9)40(49)31(7)30(6)26(2)19-22-39(48)54-42-32(8)37(21-20-36)55-46(35(42)11)24-23-27(3)38(56-46)25-29(5)47/h14-16,18-19,22,26-38,41-43,47,50-51,53H,13,17,20-21,23-25H2,1-12H3/b15-14+,18-16+,22-19+/t26-,27-,28+,29?,30+,31-,32+,33-,34-,35-,36-,37-,38?,41+,42+,43-,45+,46-/m1/s1. The minimum Gasteiger partial charge on any atom is -0.458 e. The van der Waals surface area contributed by atoms with Gasteiger partial charge in [0.1, 0.15) is 17.5 Å². The van der Waals surface area contributed by atoms with Gasteiger partial charge >= 0.3 is 5.97 Å². The second kappa shape index (κ2) is 20.7. The fraction of sp³-hybridized carbons (Fsp3) is 0.804. The van der Waals surface area contributed by atoms with Gasteiger partial charge in [-0.15, -0.1) is 0 Å². The maximum Gasteiger partial charge on any atom is 0.330 e. The van der Waals surface area contributed by atoms with Crippen molar-refractivity contribution in [2.45, 2.75) is 176 Å². The fourth-order valence-electron chi connectivity index (χ4n) is 9.17. The average Bonchev–Trinajstić information content (AvgIpc) is 3.16. The van der Waals surface area contributed by atoms with E-state index in [2.05, 4.69) is 26.8 Å². The second-order valence-corrected chi connectivity index (χ2v) is 18.3. The van der Waals surface area contributed by atoms with E-state index in [0.29, 0.717) is 19.3 Å². The van der Waals surface area contributed by atoms with Crippen LogP contribution in [-0.2, 0) is 28.6 Å². The van der Waals surface area contributed by atoms with Crippen LogP contribution in [0.1, 0.15) is 128 Å². The zero-order valence-electron chi connectivity index (χ0n) is 36.4. The lowest BCUT2D eigenvalue weighted by atomic mass is 9.73. The fourth-order valence-corrected chi connectivity index (χ4v) is 9.17. The largest absolute Gasteiger partial charge is 0.458 e. The van der Waals surface area contributed by atoms with E-state index in [-0.39, 0.29) is 53.5 Å². The molecule has 320 valence electrons. The van der Waals surface area contributed by atoms with Crippen molar-refractivity contribution in [3.8, 4) is 0 Å². The van der Waals surface area contributed by atoms with Crippen molar-refractivity contribution in [1.82, 2.24) is 0 Å². The molecule has 2 fully saturated rings. The van der Waals surface area contributed by atoms with Crippen LogP contribution in [0.2, 0.25) is 0 Å². The third-order valence-electron chi connectivity index (χ3n) is 14.0. The van der Waals surface area contributed by atoms with E-state index in [0.717, 1.165) is 25.7 Å². The third kappa shape index (κ3) is 11.5. The number of allylic oxidation sites excluding steroid dienone is 5. The molecular weight excluding hydrogens is 712 g/mol. The van der Waals surface area contributed by atoms with E-state index < -0.39 is 71.2 Å². The van der Waals surface area contributed by atoms with E-state index in [1.807, 2.05) is 39.0 Å². The van der Waals surface area contributed by atoms with Gasteiger partial charge in [-0.05, 0) is 82.0 Å². The number of ketones is 2. The molecule has 0 saturated carbocycles. The van der Waals surface area contributed by atoms with Crippen molar-refractivity contribution >= 4 is 17.5 Å². The molecule has 10 nitrogen and oxygen atoms in total. The summed E-state index contributed by atoms with van der Waals surface area (Å²) in [5.41, 5.74) is -2.13. The summed E-state index contributed by atoms with van der Waals surface area (Å²) in [4.78, 5) is 40.8. The van der Waals surface area contributed by atoms with Crippen molar-refractivity contribution in [3.05, 3.63) is 36.5 Å². The van der Waals surface area contributed by atoms with E-state index >= 15 is 0 Å². The first-order chi connectivity index (χ1) is 26.1. The Hall–Kier alpha value is -2.21. The van der Waals surface area contributed by atoms with Crippen LogP contribution in [0.5, 0.6) is 0 Å². The molecule has 0 aromatic rings. The molecule has 0 aliphatic carbocycles. The lowest BCUT2D eigenvalue weighted by Gasteiger charge is -2.55. The molecule has 3 rings (SSSR count). The summed E-state index contributed by atoms with van der Waals surface area (Å²) < 4.78 is 20.1. The molecule has 4 N–H and O–H groups in total. The van der Waals surface area contributed by atoms with Crippen LogP contribution in [0.4, 0.5) is 0 Å². The highest BCUT2D eigenvalue weighted by atomic mass is 16.7. The zero-order chi connectivity index (χ0) is 42.3. The highest BCUT2D eigenvalue weighted by Crippen LogP contribution is 2.49. The Balaban J connectivity index is 1.99. The van der Waals surface area contributed by atoms with Gasteiger partial charge in [0.25, 0.3) is 0 Å². The van der Waals surface area contributed by atoms with Crippen molar-refractivity contribution < 1.29 is 49.0 Å². The lowest BCUT2D eigenvalue weighted by molar-refractivity contribution is -0.371. The van der Waals surface area contributed by atoms with Crippen molar-refractivity contribution in [1.29, 1.82) is 0 Å². The number of ether oxygens (including phenoxy) is 3. The molecule has 0 aromatic heterocycles. The van der Waals surface area contributed by atoms with Gasteiger partial charge in [0.15, 0.2) is 11.6 Å². The number of esters is 1. The summed E-state index contributed by atoms with van der Waals surface area (Å²) in [5.74, 6) is -5.73. The van der Waals surface area contributed by atoms with Gasteiger partial charge in [0, 0.05) is 42.1 Å². The average molecular weight is 789 g/mol. The Morgan fingerprint density at radius 2 is 1.50 bits per heavy atom. The van der Waals surface area contributed by atoms with Crippen LogP contribution in [0.3, 0.4) is 0 Å². The topological polar surface area (TPSA) is 160 Å². The van der Waals surface area contributed by atoms with Crippen LogP contribution in [0.25, 0.3) is 0 Å². The molecule has 2 unspecified atom stereocenters. The molecule has 2 bridgehead atoms. The van der Waals surface area contributed by atoms with Gasteiger partial charge in [-0.2, -0.15) is 0 Å². The first kappa shape index (κ1) is 48.2. The first-order valence-electron chi connectivity index (χ1n) is 21.5. The van der Waals surface area contributed by atoms with E-state index in [1.165, 1.54) is 19.9 Å². The van der Waals surface area contributed by atoms with Gasteiger partial charge in [-0.1, -0.05) is 99.6 Å². The number of aliphatic hydroxyl groups excluding tert-OH is 3. The zero-order valence-corrected chi connectivity index (χ0v) is 36.4. The Kier molecular flexibility index (Phi) is 17.8. The monoisotopic (exact) mass is 789 g/mol. The predicted octanol–water partition coefficient (Wildman–Crippen LogP) is 7.16. The van der Waals surface area contributed by atoms with Gasteiger partial charge in [0.2, 0.25) is 0 Å². The Bertz CT molecular complexity index is 1390. The number of aliphatic hydroxyl groups is 4. The molecule has 3 heterocycles. The van der Waals surface area contributed by atoms with Crippen LogP contribution >= 0.6 is 0 Å². The predicted molar refractivity (Wildman–Crippen MR) is 218 cm³/mol. The molecule has 10 heteroatoms. The van der Waals surface area contributed by atoms with Gasteiger partial charge in [-0.25, -0.2) is 4.79 Å². The smallest absolute Gasteiger partial charge is 0.330 e. The third-order valence-corrected chi connectivity index (χ3v) is 14.0. The number of hydrogen-bond acceptors (Lipinski definition) is 10. The molecule has 0 aromatic carbocycles. The maximum absolute atomic E-state index is 13.7. The number of carbonyl (C=O) groups excluding carboxylic acids is 3. The molecule has 0 amide bonds. The van der Waals surface area contributed by atoms with E-state index in [1.54, 1.807) is 33.8 Å². The minimum atomic E-state index is -2.13. The Labute approximate surface area is 337 Å². The van der Waals surface area contributed by atoms with E-state index in [9.17, 15) is 34.8 Å². The van der Waals surface area contributed by atoms with Gasteiger partial charge in [-0.3, -0.25) is 9.59 Å². The summed E-state index contributed by atoms with van der Waals surface area (Å²) >= 11 is 0. The molecule has 2 saturated heterocycles. The maximum atomic E-state index is 13.7. The van der Waals surface area contributed by atoms with Crippen LogP contribution in [-0.4, -0.2) is 86.0 Å². The molecule has 18 atom stereocenters. The second-order valence-electron chi connectivity index (χ2n) is 18.3. The Morgan fingerprint density at radius 3 is 2.12 bits per heavy atom. The molecule has 3 aliphatic rings. The Morgan fingerprint density at radius 1 is 0.839 bits per heavy atom. The lowest BCUT2D eigenvalue weighted by Crippen LogP contribution is -2.62. The summed E-state index contributed by atoms with van der Waals surface area (Å²) in [6, 6.07) is 0. The first-order valence-corrected chi connectivity index (χ1v) is 21.5. The van der Waals surface area contributed by atoms with Gasteiger partial charge < -0.3 is 34.6 Å². The highest BCUT2D eigenvalue weighted by molar-refractivity contribution is 5.91. The SMILES string of the molecule is CC[C@@H]1/C=C/C=C/C[C@H](C)[C@@H](O)[C@](C)(O)C(=O)[C@H](C)[C@@H](O)[C@H](C)C(=O)[C@H](C)[C@@H](C)[C@H](C)/C=C/C(=O)O[C@H]2[C@@H](C)[C@@H](CC1)O[C@@]1(CC[C@@H](C)C(CC(C)O)O1)[C@@H]2C. The molecule has 56 heavy (non-hydrogen) atoms. The summed E-state index contributed by atoms with van der Waals surface area (Å²) in [7, 11) is 0. The number of fused-ring (bicyclic) bond motifs is 2. The van der Waals surface area contributed by atoms with Crippen molar-refractivity contribution in [3.63, 3.8) is 0 Å².